The summed E-state index contributed by atoms with van der Waals surface area (Å²) in [6.07, 6.45) is 5.46. The van der Waals surface area contributed by atoms with Crippen molar-refractivity contribution in [3.8, 4) is 0 Å². The summed E-state index contributed by atoms with van der Waals surface area (Å²) >= 11 is 0. The lowest BCUT2D eigenvalue weighted by molar-refractivity contribution is -0.313. The summed E-state index contributed by atoms with van der Waals surface area (Å²) in [5, 5.41) is 0. The van der Waals surface area contributed by atoms with Crippen LogP contribution in [0.3, 0.4) is 0 Å². The van der Waals surface area contributed by atoms with Crippen molar-refractivity contribution < 1.29 is 9.78 Å². The van der Waals surface area contributed by atoms with Gasteiger partial charge in [0.1, 0.15) is 13.2 Å². The highest BCUT2D eigenvalue weighted by molar-refractivity contribution is 5.29. The quantitative estimate of drug-likeness (QED) is 0.286. The normalized spacial score (nSPS) is 10.4. The van der Waals surface area contributed by atoms with Crippen LogP contribution in [0.4, 0.5) is 0 Å². The molecule has 0 radical (unpaired) electrons. The third-order valence-electron chi connectivity index (χ3n) is 3.48. The van der Waals surface area contributed by atoms with E-state index in [2.05, 4.69) is 25.3 Å². The lowest BCUT2D eigenvalue weighted by atomic mass is 10.1. The van der Waals surface area contributed by atoms with Crippen LogP contribution < -0.4 is 0 Å². The number of benzene rings is 2. The van der Waals surface area contributed by atoms with Gasteiger partial charge in [0.05, 0.1) is 0 Å². The van der Waals surface area contributed by atoms with Crippen LogP contribution in [0.25, 0.3) is 0 Å². The fourth-order valence-electron chi connectivity index (χ4n) is 2.32. The molecule has 0 spiro atoms. The maximum absolute atomic E-state index is 5.38. The highest BCUT2D eigenvalue weighted by Crippen LogP contribution is 2.14. The molecule has 0 saturated heterocycles. The summed E-state index contributed by atoms with van der Waals surface area (Å²) in [5.41, 5.74) is 4.69. The number of allylic oxidation sites excluding steroid dienone is 2. The Hall–Kier alpha value is -2.16. The molecule has 0 aromatic heterocycles. The van der Waals surface area contributed by atoms with Gasteiger partial charge in [-0.05, 0) is 35.1 Å². The van der Waals surface area contributed by atoms with Gasteiger partial charge in [0.25, 0.3) is 0 Å². The first-order chi connectivity index (χ1) is 10.8. The molecule has 0 saturated carbocycles. The van der Waals surface area contributed by atoms with Gasteiger partial charge in [0.15, 0.2) is 0 Å². The first-order valence-electron chi connectivity index (χ1n) is 7.45. The molecule has 0 amide bonds. The standard InChI is InChI=1S/C20H22O2/c1-3-9-17-11-5-7-13-19(17)15-21-22-16-20-14-8-6-12-18(20)10-4-2/h3-8,11-14H,1-2,9-10,15-16H2. The van der Waals surface area contributed by atoms with Gasteiger partial charge in [-0.1, -0.05) is 60.7 Å². The average molecular weight is 294 g/mol. The summed E-state index contributed by atoms with van der Waals surface area (Å²) in [5.74, 6) is 0. The van der Waals surface area contributed by atoms with Crippen LogP contribution in [-0.4, -0.2) is 0 Å². The van der Waals surface area contributed by atoms with Crippen LogP contribution in [0.1, 0.15) is 22.3 Å². The van der Waals surface area contributed by atoms with Crippen molar-refractivity contribution in [3.05, 3.63) is 96.1 Å². The molecule has 0 aliphatic rings. The van der Waals surface area contributed by atoms with Crippen LogP contribution in [-0.2, 0) is 35.8 Å². The summed E-state index contributed by atoms with van der Waals surface area (Å²) < 4.78 is 0. The van der Waals surface area contributed by atoms with Gasteiger partial charge >= 0.3 is 0 Å². The SMILES string of the molecule is C=CCc1ccccc1COOCc1ccccc1CC=C. The third-order valence-corrected chi connectivity index (χ3v) is 3.48. The molecule has 22 heavy (non-hydrogen) atoms. The Morgan fingerprint density at radius 3 is 1.36 bits per heavy atom. The van der Waals surface area contributed by atoms with Gasteiger partial charge in [-0.15, -0.1) is 13.2 Å². The Morgan fingerprint density at radius 1 is 0.636 bits per heavy atom. The van der Waals surface area contributed by atoms with E-state index >= 15 is 0 Å². The number of rotatable bonds is 9. The van der Waals surface area contributed by atoms with E-state index in [0.29, 0.717) is 13.2 Å². The van der Waals surface area contributed by atoms with Gasteiger partial charge in [0, 0.05) is 0 Å². The van der Waals surface area contributed by atoms with E-state index in [1.807, 2.05) is 48.6 Å². The van der Waals surface area contributed by atoms with Gasteiger partial charge in [-0.2, -0.15) is 0 Å². The zero-order chi connectivity index (χ0) is 15.6. The van der Waals surface area contributed by atoms with E-state index in [4.69, 9.17) is 9.78 Å². The van der Waals surface area contributed by atoms with E-state index in [1.54, 1.807) is 0 Å². The van der Waals surface area contributed by atoms with Crippen molar-refractivity contribution in [2.75, 3.05) is 0 Å². The molecule has 0 fully saturated rings. The molecule has 0 aliphatic heterocycles. The second-order valence-corrected chi connectivity index (χ2v) is 5.05. The maximum atomic E-state index is 5.38. The molecule has 0 bridgehead atoms. The largest absolute Gasteiger partial charge is 0.232 e. The van der Waals surface area contributed by atoms with E-state index in [-0.39, 0.29) is 0 Å². The summed E-state index contributed by atoms with van der Waals surface area (Å²) in [6, 6.07) is 16.3. The van der Waals surface area contributed by atoms with Crippen molar-refractivity contribution in [1.29, 1.82) is 0 Å². The van der Waals surface area contributed by atoms with E-state index < -0.39 is 0 Å². The van der Waals surface area contributed by atoms with E-state index in [9.17, 15) is 0 Å². The topological polar surface area (TPSA) is 18.5 Å². The zero-order valence-electron chi connectivity index (χ0n) is 12.8. The van der Waals surface area contributed by atoms with Crippen molar-refractivity contribution in [1.82, 2.24) is 0 Å². The predicted octanol–water partition coefficient (Wildman–Crippen LogP) is 4.79. The second-order valence-electron chi connectivity index (χ2n) is 5.05. The molecular weight excluding hydrogens is 272 g/mol. The molecule has 0 unspecified atom stereocenters. The lowest BCUT2D eigenvalue weighted by Crippen LogP contribution is -2.01. The van der Waals surface area contributed by atoms with Crippen molar-refractivity contribution in [2.45, 2.75) is 26.1 Å². The van der Waals surface area contributed by atoms with Crippen LogP contribution in [0.5, 0.6) is 0 Å². The Kier molecular flexibility index (Phi) is 6.62. The third kappa shape index (κ3) is 4.69. The fourth-order valence-corrected chi connectivity index (χ4v) is 2.32. The molecule has 2 aromatic rings. The molecule has 2 aromatic carbocycles. The zero-order valence-corrected chi connectivity index (χ0v) is 12.8. The van der Waals surface area contributed by atoms with Gasteiger partial charge in [0.2, 0.25) is 0 Å². The van der Waals surface area contributed by atoms with E-state index in [1.165, 1.54) is 11.1 Å². The Labute approximate surface area is 132 Å². The van der Waals surface area contributed by atoms with Crippen molar-refractivity contribution in [3.63, 3.8) is 0 Å². The summed E-state index contributed by atoms with van der Waals surface area (Å²) in [7, 11) is 0. The molecular formula is C20H22O2. The van der Waals surface area contributed by atoms with Crippen LogP contribution in [0.15, 0.2) is 73.8 Å². The van der Waals surface area contributed by atoms with Crippen LogP contribution in [0.2, 0.25) is 0 Å². The van der Waals surface area contributed by atoms with Crippen molar-refractivity contribution in [2.24, 2.45) is 0 Å². The monoisotopic (exact) mass is 294 g/mol. The molecule has 2 rings (SSSR count). The molecule has 0 heterocycles. The first kappa shape index (κ1) is 16.2. The Balaban J connectivity index is 1.87. The summed E-state index contributed by atoms with van der Waals surface area (Å²) in [6.45, 7) is 8.44. The van der Waals surface area contributed by atoms with Gasteiger partial charge < -0.3 is 0 Å². The Morgan fingerprint density at radius 2 is 1.00 bits per heavy atom. The van der Waals surface area contributed by atoms with Gasteiger partial charge in [-0.3, -0.25) is 0 Å². The highest BCUT2D eigenvalue weighted by atomic mass is 17.2. The first-order valence-corrected chi connectivity index (χ1v) is 7.45. The van der Waals surface area contributed by atoms with Crippen LogP contribution in [0, 0.1) is 0 Å². The molecule has 2 heteroatoms. The van der Waals surface area contributed by atoms with Crippen molar-refractivity contribution >= 4 is 0 Å². The van der Waals surface area contributed by atoms with Crippen LogP contribution >= 0.6 is 0 Å². The number of hydrogen-bond donors (Lipinski definition) is 0. The minimum absolute atomic E-state index is 0.438. The van der Waals surface area contributed by atoms with E-state index in [0.717, 1.165) is 24.0 Å². The minimum atomic E-state index is 0.438. The lowest BCUT2D eigenvalue weighted by Gasteiger charge is -2.10. The minimum Gasteiger partial charge on any atom is -0.232 e. The smallest absolute Gasteiger partial charge is 0.108 e. The van der Waals surface area contributed by atoms with Gasteiger partial charge in [-0.25, -0.2) is 9.78 Å². The molecule has 2 nitrogen and oxygen atoms in total. The molecule has 0 atom stereocenters. The fraction of sp³-hybridized carbons (Fsp3) is 0.200. The average Bonchev–Trinajstić information content (AvgIpc) is 2.55. The number of hydrogen-bond acceptors (Lipinski definition) is 2. The molecule has 0 aliphatic carbocycles. The predicted molar refractivity (Wildman–Crippen MR) is 90.3 cm³/mol. The molecule has 114 valence electrons. The summed E-state index contributed by atoms with van der Waals surface area (Å²) in [4.78, 5) is 10.8. The Bertz CT molecular complexity index is 561. The second kappa shape index (κ2) is 8.98. The maximum Gasteiger partial charge on any atom is 0.108 e. The molecule has 0 N–H and O–H groups in total. The highest BCUT2D eigenvalue weighted by Gasteiger charge is 2.03.